The second-order valence-electron chi connectivity index (χ2n) is 8.64. The Balaban J connectivity index is 1.64. The molecular weight excluding hydrogens is 392 g/mol. The highest BCUT2D eigenvalue weighted by atomic mass is 16.5. The molecule has 4 N–H and O–H groups in total. The number of hydroxylamine groups is 2. The van der Waals surface area contributed by atoms with Gasteiger partial charge in [-0.2, -0.15) is 0 Å². The summed E-state index contributed by atoms with van der Waals surface area (Å²) in [5.74, 6) is -1.03. The van der Waals surface area contributed by atoms with Gasteiger partial charge in [-0.25, -0.2) is 9.86 Å². The zero-order valence-corrected chi connectivity index (χ0v) is 17.2. The molecule has 30 heavy (non-hydrogen) atoms. The van der Waals surface area contributed by atoms with Crippen LogP contribution in [-0.2, 0) is 14.4 Å². The van der Waals surface area contributed by atoms with Crippen LogP contribution in [0, 0.1) is 11.8 Å². The van der Waals surface area contributed by atoms with Crippen LogP contribution in [0.2, 0.25) is 0 Å². The Hall–Kier alpha value is -2.20. The van der Waals surface area contributed by atoms with Crippen molar-refractivity contribution in [2.45, 2.75) is 69.4 Å². The van der Waals surface area contributed by atoms with Crippen LogP contribution in [-0.4, -0.2) is 75.8 Å². The van der Waals surface area contributed by atoms with E-state index in [-0.39, 0.29) is 36.9 Å². The highest BCUT2D eigenvalue weighted by Gasteiger charge is 2.61. The van der Waals surface area contributed by atoms with E-state index in [1.54, 1.807) is 4.90 Å². The fourth-order valence-corrected chi connectivity index (χ4v) is 5.60. The lowest BCUT2D eigenvalue weighted by atomic mass is 9.74. The number of piperidine rings is 1. The molecule has 5 amide bonds. The number of amides is 5. The summed E-state index contributed by atoms with van der Waals surface area (Å²) < 4.78 is 0. The molecule has 1 aliphatic carbocycles. The van der Waals surface area contributed by atoms with Crippen molar-refractivity contribution in [1.82, 2.24) is 20.6 Å². The molecule has 10 nitrogen and oxygen atoms in total. The maximum atomic E-state index is 13.2. The van der Waals surface area contributed by atoms with Crippen LogP contribution >= 0.6 is 0 Å². The van der Waals surface area contributed by atoms with E-state index in [1.807, 2.05) is 0 Å². The van der Waals surface area contributed by atoms with E-state index in [2.05, 4.69) is 10.6 Å². The number of imide groups is 1. The van der Waals surface area contributed by atoms with Crippen molar-refractivity contribution in [2.75, 3.05) is 19.7 Å². The molecule has 0 aromatic heterocycles. The predicted octanol–water partition coefficient (Wildman–Crippen LogP) is 0.372. The molecule has 2 heterocycles. The standard InChI is InChI=1S/C20H32N4O6/c25-10-3-1-2-9-21-19(29)22-17(27)16-6-8-20-7-4-5-15(20)11-14(12-23(30)13-26)18(28)24(16)20/h13-16,25,30H,1-12H2,(H2,21,22,27,29)/t14-,15?,16+,20?/m1/s1. The van der Waals surface area contributed by atoms with Crippen molar-refractivity contribution in [2.24, 2.45) is 11.8 Å². The third-order valence-corrected chi connectivity index (χ3v) is 6.91. The number of hydrogen-bond acceptors (Lipinski definition) is 6. The van der Waals surface area contributed by atoms with Crippen molar-refractivity contribution < 1.29 is 29.5 Å². The summed E-state index contributed by atoms with van der Waals surface area (Å²) >= 11 is 0. The number of unbranched alkanes of at least 4 members (excludes halogenated alkanes) is 2. The van der Waals surface area contributed by atoms with Gasteiger partial charge < -0.3 is 15.3 Å². The summed E-state index contributed by atoms with van der Waals surface area (Å²) in [6.07, 6.45) is 7.03. The number of rotatable bonds is 9. The number of hydrogen-bond donors (Lipinski definition) is 4. The summed E-state index contributed by atoms with van der Waals surface area (Å²) in [6, 6.07) is -1.30. The Morgan fingerprint density at radius 2 is 2.03 bits per heavy atom. The average molecular weight is 424 g/mol. The molecule has 3 aliphatic rings. The molecule has 3 rings (SSSR count). The molecular formula is C20H32N4O6. The Kier molecular flexibility index (Phi) is 7.30. The fraction of sp³-hybridized carbons (Fsp3) is 0.800. The van der Waals surface area contributed by atoms with E-state index >= 15 is 0 Å². The molecule has 0 bridgehead atoms. The van der Waals surface area contributed by atoms with Gasteiger partial charge >= 0.3 is 6.03 Å². The van der Waals surface area contributed by atoms with Gasteiger partial charge in [0.15, 0.2) is 0 Å². The van der Waals surface area contributed by atoms with Gasteiger partial charge in [-0.05, 0) is 57.3 Å². The highest BCUT2D eigenvalue weighted by Crippen LogP contribution is 2.54. The first-order valence-corrected chi connectivity index (χ1v) is 10.9. The summed E-state index contributed by atoms with van der Waals surface area (Å²) in [4.78, 5) is 50.6. The Morgan fingerprint density at radius 3 is 2.77 bits per heavy atom. The zero-order valence-electron chi connectivity index (χ0n) is 17.2. The minimum atomic E-state index is -0.718. The first kappa shape index (κ1) is 22.5. The van der Waals surface area contributed by atoms with Crippen molar-refractivity contribution >= 4 is 24.3 Å². The molecule has 1 spiro atoms. The molecule has 3 fully saturated rings. The Labute approximate surface area is 175 Å². The van der Waals surface area contributed by atoms with Gasteiger partial charge in [0.1, 0.15) is 6.04 Å². The molecule has 0 aromatic rings. The van der Waals surface area contributed by atoms with Gasteiger partial charge in [0.25, 0.3) is 5.91 Å². The van der Waals surface area contributed by atoms with Crippen LogP contribution in [0.4, 0.5) is 4.79 Å². The van der Waals surface area contributed by atoms with Crippen LogP contribution in [0.3, 0.4) is 0 Å². The van der Waals surface area contributed by atoms with Gasteiger partial charge in [-0.3, -0.25) is 24.9 Å². The smallest absolute Gasteiger partial charge is 0.321 e. The Bertz CT molecular complexity index is 674. The lowest BCUT2D eigenvalue weighted by molar-refractivity contribution is -0.166. The van der Waals surface area contributed by atoms with Gasteiger partial charge in [0.05, 0.1) is 12.5 Å². The quantitative estimate of drug-likeness (QED) is 0.183. The van der Waals surface area contributed by atoms with Crippen molar-refractivity contribution in [1.29, 1.82) is 0 Å². The third kappa shape index (κ3) is 4.44. The van der Waals surface area contributed by atoms with Crippen LogP contribution < -0.4 is 10.6 Å². The second kappa shape index (κ2) is 9.74. The minimum absolute atomic E-state index is 0.0892. The Morgan fingerprint density at radius 1 is 1.23 bits per heavy atom. The molecule has 0 aromatic carbocycles. The van der Waals surface area contributed by atoms with Gasteiger partial charge in [-0.15, -0.1) is 0 Å². The number of carbonyl (C=O) groups is 4. The molecule has 2 saturated heterocycles. The van der Waals surface area contributed by atoms with Crippen LogP contribution in [0.15, 0.2) is 0 Å². The van der Waals surface area contributed by atoms with E-state index in [9.17, 15) is 24.4 Å². The predicted molar refractivity (Wildman–Crippen MR) is 105 cm³/mol. The molecule has 2 aliphatic heterocycles. The lowest BCUT2D eigenvalue weighted by Gasteiger charge is -2.49. The van der Waals surface area contributed by atoms with Crippen molar-refractivity contribution in [3.05, 3.63) is 0 Å². The monoisotopic (exact) mass is 424 g/mol. The number of carbonyl (C=O) groups excluding carboxylic acids is 4. The lowest BCUT2D eigenvalue weighted by Crippen LogP contribution is -2.63. The maximum Gasteiger partial charge on any atom is 0.321 e. The summed E-state index contributed by atoms with van der Waals surface area (Å²) in [5, 5.41) is 23.8. The van der Waals surface area contributed by atoms with Gasteiger partial charge in [-0.1, -0.05) is 6.42 Å². The third-order valence-electron chi connectivity index (χ3n) is 6.91. The first-order valence-electron chi connectivity index (χ1n) is 10.9. The SMILES string of the molecule is O=CN(O)C[C@H]1CC2CCCC23CC[C@@H](C(=O)NC(=O)NCCCCCO)N3C1=O. The average Bonchev–Trinajstić information content (AvgIpc) is 3.31. The van der Waals surface area contributed by atoms with Crippen LogP contribution in [0.1, 0.15) is 57.8 Å². The number of nitrogens with one attached hydrogen (secondary N) is 2. The van der Waals surface area contributed by atoms with E-state index in [0.717, 1.165) is 32.1 Å². The summed E-state index contributed by atoms with van der Waals surface area (Å²) in [7, 11) is 0. The number of nitrogens with zero attached hydrogens (tertiary/aromatic N) is 2. The number of aliphatic hydroxyl groups excluding tert-OH is 1. The number of aliphatic hydroxyl groups is 1. The highest BCUT2D eigenvalue weighted by molar-refractivity contribution is 5.99. The first-order chi connectivity index (χ1) is 14.4. The molecule has 4 atom stereocenters. The maximum absolute atomic E-state index is 13.2. The van der Waals surface area contributed by atoms with E-state index in [4.69, 9.17) is 5.11 Å². The van der Waals surface area contributed by atoms with Crippen LogP contribution in [0.25, 0.3) is 0 Å². The van der Waals surface area contributed by atoms with E-state index in [0.29, 0.717) is 37.3 Å². The molecule has 2 unspecified atom stereocenters. The van der Waals surface area contributed by atoms with Crippen LogP contribution in [0.5, 0.6) is 0 Å². The zero-order chi connectivity index (χ0) is 21.7. The summed E-state index contributed by atoms with van der Waals surface area (Å²) in [5.41, 5.74) is -0.349. The van der Waals surface area contributed by atoms with Gasteiger partial charge in [0.2, 0.25) is 12.3 Å². The second-order valence-corrected chi connectivity index (χ2v) is 8.64. The molecule has 168 valence electrons. The topological polar surface area (TPSA) is 139 Å². The van der Waals surface area contributed by atoms with Crippen molar-refractivity contribution in [3.8, 4) is 0 Å². The van der Waals surface area contributed by atoms with E-state index in [1.165, 1.54) is 0 Å². The van der Waals surface area contributed by atoms with Gasteiger partial charge in [0, 0.05) is 18.7 Å². The van der Waals surface area contributed by atoms with E-state index < -0.39 is 23.9 Å². The number of urea groups is 1. The fourth-order valence-electron chi connectivity index (χ4n) is 5.60. The molecule has 0 radical (unpaired) electrons. The molecule has 1 saturated carbocycles. The molecule has 10 heteroatoms. The summed E-state index contributed by atoms with van der Waals surface area (Å²) in [6.45, 7) is 0.424. The minimum Gasteiger partial charge on any atom is -0.396 e. The largest absolute Gasteiger partial charge is 0.396 e. The normalized spacial score (nSPS) is 29.9. The van der Waals surface area contributed by atoms with Crippen molar-refractivity contribution in [3.63, 3.8) is 0 Å².